The van der Waals surface area contributed by atoms with Gasteiger partial charge in [0.1, 0.15) is 16.7 Å². The lowest BCUT2D eigenvalue weighted by Crippen LogP contribution is -2.61. The molecule has 0 saturated carbocycles. The number of benzene rings is 8. The molecule has 2 aromatic heterocycles. The molecule has 0 fully saturated rings. The second kappa shape index (κ2) is 13.1. The van der Waals surface area contributed by atoms with Crippen LogP contribution >= 0.6 is 0 Å². The SMILES string of the molecule is C=C/C=c1\c(=C(/C)N2c3ccccc3B3c4ccccc4N(c4cccc(-c5ccc6oc7ccccc7c6c5)c4)c4cccc2c43)oc2cc3c(cc12)-c1ccccc1C3(C)C. The van der Waals surface area contributed by atoms with Crippen LogP contribution in [0.25, 0.3) is 66.9 Å². The average molecular weight is 809 g/mol. The molecule has 13 rings (SSSR count). The highest BCUT2D eigenvalue weighted by Crippen LogP contribution is 2.50. The normalized spacial score (nSPS) is 15.0. The highest BCUT2D eigenvalue weighted by molar-refractivity contribution is 7.00. The van der Waals surface area contributed by atoms with Crippen molar-refractivity contribution in [1.82, 2.24) is 0 Å². The summed E-state index contributed by atoms with van der Waals surface area (Å²) < 4.78 is 13.3. The lowest BCUT2D eigenvalue weighted by molar-refractivity contribution is 0.568. The quantitative estimate of drug-likeness (QED) is 0.166. The summed E-state index contributed by atoms with van der Waals surface area (Å²) in [4.78, 5) is 4.89. The van der Waals surface area contributed by atoms with E-state index in [0.717, 1.165) is 83.1 Å². The van der Waals surface area contributed by atoms with Gasteiger partial charge in [-0.15, -0.1) is 0 Å². The summed E-state index contributed by atoms with van der Waals surface area (Å²) in [7, 11) is 0. The molecule has 10 aromatic rings. The number of hydrogen-bond acceptors (Lipinski definition) is 4. The van der Waals surface area contributed by atoms with Gasteiger partial charge in [-0.1, -0.05) is 136 Å². The molecule has 4 heterocycles. The number of allylic oxidation sites excluding steroid dienone is 1. The first kappa shape index (κ1) is 35.9. The van der Waals surface area contributed by atoms with Crippen LogP contribution in [-0.2, 0) is 5.41 Å². The molecule has 5 heteroatoms. The molecule has 0 radical (unpaired) electrons. The van der Waals surface area contributed by atoms with Gasteiger partial charge in [-0.25, -0.2) is 0 Å². The molecule has 0 unspecified atom stereocenters. The maximum Gasteiger partial charge on any atom is 0.252 e. The largest absolute Gasteiger partial charge is 0.456 e. The second-order valence-electron chi connectivity index (χ2n) is 17.7. The van der Waals surface area contributed by atoms with E-state index in [1.807, 2.05) is 18.2 Å². The van der Waals surface area contributed by atoms with Gasteiger partial charge in [0, 0.05) is 55.2 Å². The Morgan fingerprint density at radius 1 is 0.556 bits per heavy atom. The van der Waals surface area contributed by atoms with Crippen LogP contribution in [0.4, 0.5) is 28.4 Å². The van der Waals surface area contributed by atoms with E-state index in [1.165, 1.54) is 44.3 Å². The molecule has 0 saturated heterocycles. The molecule has 2 aliphatic heterocycles. The van der Waals surface area contributed by atoms with Crippen LogP contribution in [0.15, 0.2) is 191 Å². The van der Waals surface area contributed by atoms with Crippen molar-refractivity contribution >= 4 is 96.2 Å². The molecule has 0 N–H and O–H groups in total. The van der Waals surface area contributed by atoms with E-state index in [4.69, 9.17) is 8.83 Å². The second-order valence-corrected chi connectivity index (χ2v) is 17.7. The number of furan rings is 2. The van der Waals surface area contributed by atoms with E-state index in [1.54, 1.807) is 0 Å². The Labute approximate surface area is 366 Å². The van der Waals surface area contributed by atoms with Gasteiger partial charge in [-0.05, 0) is 123 Å². The number of nitrogens with zero attached hydrogens (tertiary/aromatic N) is 2. The number of anilines is 5. The first-order valence-electron chi connectivity index (χ1n) is 21.8. The zero-order chi connectivity index (χ0) is 42.1. The van der Waals surface area contributed by atoms with Gasteiger partial charge in [0.15, 0.2) is 5.42 Å². The van der Waals surface area contributed by atoms with Gasteiger partial charge >= 0.3 is 0 Å². The number of para-hydroxylation sites is 3. The van der Waals surface area contributed by atoms with Crippen molar-refractivity contribution in [3.63, 3.8) is 0 Å². The van der Waals surface area contributed by atoms with Crippen molar-refractivity contribution in [2.24, 2.45) is 0 Å². The average Bonchev–Trinajstić information content (AvgIpc) is 3.95. The highest BCUT2D eigenvalue weighted by atomic mass is 16.3. The maximum atomic E-state index is 7.08. The fourth-order valence-corrected chi connectivity index (χ4v) is 11.2. The Morgan fingerprint density at radius 2 is 1.25 bits per heavy atom. The number of hydrogen-bond donors (Lipinski definition) is 0. The molecular formula is C58H41BN2O2. The van der Waals surface area contributed by atoms with Crippen LogP contribution < -0.4 is 36.8 Å². The summed E-state index contributed by atoms with van der Waals surface area (Å²) in [6.07, 6.45) is 4.00. The summed E-state index contributed by atoms with van der Waals surface area (Å²) in [5.41, 5.74) is 21.5. The lowest BCUT2D eigenvalue weighted by atomic mass is 9.33. The molecule has 0 bridgehead atoms. The fourth-order valence-electron chi connectivity index (χ4n) is 11.2. The summed E-state index contributed by atoms with van der Waals surface area (Å²) in [6.45, 7) is 11.1. The van der Waals surface area contributed by atoms with E-state index in [2.05, 4.69) is 201 Å². The van der Waals surface area contributed by atoms with Gasteiger partial charge in [0.2, 0.25) is 0 Å². The Morgan fingerprint density at radius 3 is 2.13 bits per heavy atom. The highest BCUT2D eigenvalue weighted by Gasteiger charge is 2.43. The van der Waals surface area contributed by atoms with E-state index >= 15 is 0 Å². The van der Waals surface area contributed by atoms with Crippen molar-refractivity contribution in [3.8, 4) is 22.3 Å². The molecule has 298 valence electrons. The maximum absolute atomic E-state index is 7.08. The van der Waals surface area contributed by atoms with Crippen molar-refractivity contribution in [3.05, 3.63) is 204 Å². The summed E-state index contributed by atoms with van der Waals surface area (Å²) in [6, 6.07) is 61.8. The zero-order valence-corrected chi connectivity index (χ0v) is 35.3. The Kier molecular flexibility index (Phi) is 7.49. The summed E-state index contributed by atoms with van der Waals surface area (Å²) >= 11 is 0. The molecule has 8 aromatic carbocycles. The number of fused-ring (bicyclic) bond motifs is 11. The summed E-state index contributed by atoms with van der Waals surface area (Å²) in [5, 5.41) is 4.38. The van der Waals surface area contributed by atoms with Crippen LogP contribution in [0, 0.1) is 0 Å². The lowest BCUT2D eigenvalue weighted by Gasteiger charge is -2.44. The van der Waals surface area contributed by atoms with E-state index in [9.17, 15) is 0 Å². The Balaban J connectivity index is 1.02. The third-order valence-corrected chi connectivity index (χ3v) is 14.0. The van der Waals surface area contributed by atoms with Gasteiger partial charge in [0.25, 0.3) is 6.71 Å². The minimum atomic E-state index is -0.137. The molecule has 4 nitrogen and oxygen atoms in total. The van der Waals surface area contributed by atoms with Crippen LogP contribution in [0.5, 0.6) is 0 Å². The van der Waals surface area contributed by atoms with E-state index in [-0.39, 0.29) is 12.1 Å². The van der Waals surface area contributed by atoms with Crippen molar-refractivity contribution in [1.29, 1.82) is 0 Å². The van der Waals surface area contributed by atoms with Crippen LogP contribution in [0.3, 0.4) is 0 Å². The van der Waals surface area contributed by atoms with Gasteiger partial charge in [-0.3, -0.25) is 0 Å². The zero-order valence-electron chi connectivity index (χ0n) is 35.3. The van der Waals surface area contributed by atoms with Crippen LogP contribution in [-0.4, -0.2) is 6.71 Å². The predicted molar refractivity (Wildman–Crippen MR) is 264 cm³/mol. The first-order valence-corrected chi connectivity index (χ1v) is 21.8. The standard InChI is InChI=1S/C58H41BN2O2/c1-5-16-41-44-33-42-39-19-6-8-21-45(39)58(3,4)46(42)34-55(44)63-57(41)35(2)60-49-24-11-9-22-47(49)59-48-23-10-12-25-50(48)61(52-27-15-26-51(60)56(52)59)38-18-14-17-36(31-38)37-29-30-54-43(32-37)40-20-7-13-28-53(40)62-54/h5-34H,1H2,2-4H3/b41-16-,57-35-. The minimum Gasteiger partial charge on any atom is -0.456 e. The fraction of sp³-hybridized carbons (Fsp3) is 0.0690. The Hall–Kier alpha value is -7.76. The monoisotopic (exact) mass is 808 g/mol. The van der Waals surface area contributed by atoms with Gasteiger partial charge in [-0.2, -0.15) is 0 Å². The molecule has 1 aliphatic carbocycles. The molecule has 0 atom stereocenters. The van der Waals surface area contributed by atoms with E-state index < -0.39 is 0 Å². The number of rotatable bonds is 4. The van der Waals surface area contributed by atoms with E-state index in [0.29, 0.717) is 0 Å². The van der Waals surface area contributed by atoms with Gasteiger partial charge < -0.3 is 18.6 Å². The Bertz CT molecular complexity index is 3740. The van der Waals surface area contributed by atoms with Crippen LogP contribution in [0.1, 0.15) is 31.9 Å². The third kappa shape index (κ3) is 4.99. The molecule has 63 heavy (non-hydrogen) atoms. The minimum absolute atomic E-state index is 0.0315. The first-order chi connectivity index (χ1) is 30.9. The van der Waals surface area contributed by atoms with Crippen LogP contribution in [0.2, 0.25) is 0 Å². The van der Waals surface area contributed by atoms with Gasteiger partial charge in [0.05, 0.1) is 5.70 Å². The summed E-state index contributed by atoms with van der Waals surface area (Å²) in [5.74, 6) is 0. The molecular weight excluding hydrogens is 767 g/mol. The van der Waals surface area contributed by atoms with Crippen molar-refractivity contribution in [2.75, 3.05) is 9.80 Å². The predicted octanol–water partition coefficient (Wildman–Crippen LogP) is 11.9. The molecule has 3 aliphatic rings. The molecule has 0 spiro atoms. The molecule has 0 amide bonds. The topological polar surface area (TPSA) is 32.8 Å². The smallest absolute Gasteiger partial charge is 0.252 e. The van der Waals surface area contributed by atoms with Crippen molar-refractivity contribution in [2.45, 2.75) is 26.2 Å². The third-order valence-electron chi connectivity index (χ3n) is 14.0. The van der Waals surface area contributed by atoms with Crippen molar-refractivity contribution < 1.29 is 8.83 Å².